The van der Waals surface area contributed by atoms with Crippen molar-refractivity contribution in [3.8, 4) is 11.1 Å². The van der Waals surface area contributed by atoms with Crippen LogP contribution in [0.25, 0.3) is 11.1 Å². The highest BCUT2D eigenvalue weighted by atomic mass is 19.2. The van der Waals surface area contributed by atoms with Gasteiger partial charge in [-0.05, 0) is 30.5 Å². The molecule has 0 amide bonds. The van der Waals surface area contributed by atoms with Gasteiger partial charge in [0.2, 0.25) is 5.82 Å². The van der Waals surface area contributed by atoms with E-state index in [0.29, 0.717) is 11.1 Å². The van der Waals surface area contributed by atoms with Crippen LogP contribution >= 0.6 is 0 Å². The lowest BCUT2D eigenvalue weighted by molar-refractivity contribution is 0.381. The summed E-state index contributed by atoms with van der Waals surface area (Å²) >= 11 is 0. The Labute approximate surface area is 106 Å². The highest BCUT2D eigenvalue weighted by Crippen LogP contribution is 2.35. The van der Waals surface area contributed by atoms with Crippen molar-refractivity contribution in [1.29, 1.82) is 0 Å². The monoisotopic (exact) mass is 272 g/mol. The Kier molecular flexibility index (Phi) is 3.30. The van der Waals surface area contributed by atoms with Crippen LogP contribution in [0, 0.1) is 42.9 Å². The van der Waals surface area contributed by atoms with Crippen molar-refractivity contribution in [2.45, 2.75) is 13.8 Å². The zero-order valence-corrected chi connectivity index (χ0v) is 10.1. The second-order valence-corrected chi connectivity index (χ2v) is 4.21. The molecule has 19 heavy (non-hydrogen) atoms. The second kappa shape index (κ2) is 4.64. The molecule has 0 bridgehead atoms. The summed E-state index contributed by atoms with van der Waals surface area (Å²) in [5.74, 6) is -9.64. The molecule has 5 heteroatoms. The van der Waals surface area contributed by atoms with E-state index in [0.717, 1.165) is 0 Å². The maximum atomic E-state index is 13.7. The lowest BCUT2D eigenvalue weighted by atomic mass is 9.94. The molecule has 0 saturated carbocycles. The van der Waals surface area contributed by atoms with Crippen LogP contribution in [0.15, 0.2) is 18.2 Å². The van der Waals surface area contributed by atoms with Crippen LogP contribution in [0.5, 0.6) is 0 Å². The maximum Gasteiger partial charge on any atom is 0.200 e. The molecule has 0 aliphatic rings. The summed E-state index contributed by atoms with van der Waals surface area (Å²) in [6, 6.07) is 4.72. The van der Waals surface area contributed by atoms with Crippen LogP contribution in [0.4, 0.5) is 22.0 Å². The van der Waals surface area contributed by atoms with E-state index in [1.807, 2.05) is 0 Å². The molecule has 0 saturated heterocycles. The summed E-state index contributed by atoms with van der Waals surface area (Å²) in [5, 5.41) is 0. The van der Waals surface area contributed by atoms with Gasteiger partial charge in [-0.2, -0.15) is 0 Å². The first kappa shape index (κ1) is 13.5. The number of rotatable bonds is 1. The van der Waals surface area contributed by atoms with Gasteiger partial charge in [0.05, 0.1) is 5.56 Å². The Bertz CT molecular complexity index is 612. The molecule has 2 aromatic rings. The Morgan fingerprint density at radius 3 is 1.37 bits per heavy atom. The highest BCUT2D eigenvalue weighted by molar-refractivity contribution is 5.72. The van der Waals surface area contributed by atoms with E-state index in [4.69, 9.17) is 0 Å². The summed E-state index contributed by atoms with van der Waals surface area (Å²) in [7, 11) is 0. The Morgan fingerprint density at radius 1 is 0.579 bits per heavy atom. The molecule has 0 heterocycles. The van der Waals surface area contributed by atoms with E-state index >= 15 is 0 Å². The second-order valence-electron chi connectivity index (χ2n) is 4.21. The molecule has 0 fully saturated rings. The summed E-state index contributed by atoms with van der Waals surface area (Å²) < 4.78 is 66.8. The average Bonchev–Trinajstić information content (AvgIpc) is 2.37. The summed E-state index contributed by atoms with van der Waals surface area (Å²) in [6.07, 6.45) is 0. The number of halogens is 5. The van der Waals surface area contributed by atoms with Gasteiger partial charge in [0.15, 0.2) is 23.3 Å². The predicted octanol–water partition coefficient (Wildman–Crippen LogP) is 4.67. The topological polar surface area (TPSA) is 0 Å². The van der Waals surface area contributed by atoms with Gasteiger partial charge in [-0.1, -0.05) is 18.2 Å². The SMILES string of the molecule is Cc1cccc(C)c1-c1c(F)c(F)c(F)c(F)c1F. The summed E-state index contributed by atoms with van der Waals surface area (Å²) in [4.78, 5) is 0. The molecule has 0 spiro atoms. The Balaban J connectivity index is 2.92. The van der Waals surface area contributed by atoms with Crippen molar-refractivity contribution in [1.82, 2.24) is 0 Å². The molecule has 0 atom stereocenters. The van der Waals surface area contributed by atoms with E-state index < -0.39 is 34.6 Å². The Hall–Kier alpha value is -1.91. The van der Waals surface area contributed by atoms with Crippen molar-refractivity contribution in [3.05, 3.63) is 58.4 Å². The van der Waals surface area contributed by atoms with Crippen LogP contribution in [-0.4, -0.2) is 0 Å². The quantitative estimate of drug-likeness (QED) is 0.402. The fraction of sp³-hybridized carbons (Fsp3) is 0.143. The fourth-order valence-electron chi connectivity index (χ4n) is 2.03. The lowest BCUT2D eigenvalue weighted by Crippen LogP contribution is -2.05. The normalized spacial score (nSPS) is 10.9. The van der Waals surface area contributed by atoms with Crippen LogP contribution in [0.3, 0.4) is 0 Å². The molecular weight excluding hydrogens is 263 g/mol. The molecular formula is C14H9F5. The van der Waals surface area contributed by atoms with Crippen molar-refractivity contribution in [2.75, 3.05) is 0 Å². The zero-order valence-electron chi connectivity index (χ0n) is 10.1. The highest BCUT2D eigenvalue weighted by Gasteiger charge is 2.27. The van der Waals surface area contributed by atoms with Gasteiger partial charge in [-0.25, -0.2) is 22.0 Å². The van der Waals surface area contributed by atoms with Crippen LogP contribution < -0.4 is 0 Å². The largest absolute Gasteiger partial charge is 0.203 e. The van der Waals surface area contributed by atoms with Gasteiger partial charge in [0, 0.05) is 0 Å². The van der Waals surface area contributed by atoms with Gasteiger partial charge in [0.25, 0.3) is 0 Å². The van der Waals surface area contributed by atoms with E-state index in [2.05, 4.69) is 0 Å². The zero-order chi connectivity index (χ0) is 14.3. The molecule has 0 radical (unpaired) electrons. The first-order valence-corrected chi connectivity index (χ1v) is 5.44. The van der Waals surface area contributed by atoms with Gasteiger partial charge >= 0.3 is 0 Å². The third-order valence-electron chi connectivity index (χ3n) is 2.94. The van der Waals surface area contributed by atoms with Crippen molar-refractivity contribution < 1.29 is 22.0 Å². The average molecular weight is 272 g/mol. The van der Waals surface area contributed by atoms with Crippen LogP contribution in [0.2, 0.25) is 0 Å². The van der Waals surface area contributed by atoms with Crippen LogP contribution in [0.1, 0.15) is 11.1 Å². The van der Waals surface area contributed by atoms with E-state index in [9.17, 15) is 22.0 Å². The first-order chi connectivity index (χ1) is 8.86. The minimum absolute atomic E-state index is 0.0234. The van der Waals surface area contributed by atoms with Crippen LogP contribution in [-0.2, 0) is 0 Å². The van der Waals surface area contributed by atoms with Crippen molar-refractivity contribution >= 4 is 0 Å². The third kappa shape index (κ3) is 1.99. The molecule has 0 unspecified atom stereocenters. The number of hydrogen-bond donors (Lipinski definition) is 0. The molecule has 2 aromatic carbocycles. The predicted molar refractivity (Wildman–Crippen MR) is 61.1 cm³/mol. The summed E-state index contributed by atoms with van der Waals surface area (Å²) in [6.45, 7) is 3.08. The van der Waals surface area contributed by atoms with Crippen molar-refractivity contribution in [3.63, 3.8) is 0 Å². The number of hydrogen-bond acceptors (Lipinski definition) is 0. The minimum atomic E-state index is -2.15. The minimum Gasteiger partial charge on any atom is -0.203 e. The molecule has 0 N–H and O–H groups in total. The van der Waals surface area contributed by atoms with E-state index in [1.165, 1.54) is 0 Å². The van der Waals surface area contributed by atoms with Crippen molar-refractivity contribution in [2.24, 2.45) is 0 Å². The smallest absolute Gasteiger partial charge is 0.200 e. The number of benzene rings is 2. The maximum absolute atomic E-state index is 13.7. The van der Waals surface area contributed by atoms with Gasteiger partial charge < -0.3 is 0 Å². The summed E-state index contributed by atoms with van der Waals surface area (Å²) in [5.41, 5.74) is 0.00807. The molecule has 2 rings (SSSR count). The molecule has 100 valence electrons. The lowest BCUT2D eigenvalue weighted by Gasteiger charge is -2.13. The Morgan fingerprint density at radius 2 is 0.947 bits per heavy atom. The van der Waals surface area contributed by atoms with Gasteiger partial charge in [0.1, 0.15) is 0 Å². The molecule has 0 aliphatic carbocycles. The van der Waals surface area contributed by atoms with E-state index in [1.54, 1.807) is 32.0 Å². The van der Waals surface area contributed by atoms with Gasteiger partial charge in [-0.15, -0.1) is 0 Å². The third-order valence-corrected chi connectivity index (χ3v) is 2.94. The number of aryl methyl sites for hydroxylation is 2. The first-order valence-electron chi connectivity index (χ1n) is 5.44. The molecule has 0 aliphatic heterocycles. The molecule has 0 aromatic heterocycles. The standard InChI is InChI=1S/C14H9F5/c1-6-4-3-5-7(2)8(6)9-10(15)12(17)14(19)13(18)11(9)16/h3-5H,1-2H3. The molecule has 0 nitrogen and oxygen atoms in total. The van der Waals surface area contributed by atoms with E-state index in [-0.39, 0.29) is 5.56 Å². The van der Waals surface area contributed by atoms with Gasteiger partial charge in [-0.3, -0.25) is 0 Å². The fourth-order valence-corrected chi connectivity index (χ4v) is 2.03.